The lowest BCUT2D eigenvalue weighted by Crippen LogP contribution is -2.31. The van der Waals surface area contributed by atoms with Gasteiger partial charge in [-0.1, -0.05) is 60.1 Å². The first kappa shape index (κ1) is 20.6. The molecule has 6 rings (SSSR count). The van der Waals surface area contributed by atoms with Crippen LogP contribution in [-0.4, -0.2) is 24.8 Å². The molecule has 2 aromatic carbocycles. The van der Waals surface area contributed by atoms with E-state index >= 15 is 0 Å². The average molecular weight is 477 g/mol. The Morgan fingerprint density at radius 2 is 1.88 bits per heavy atom. The normalized spacial score (nSPS) is 15.2. The molecule has 3 aromatic heterocycles. The van der Waals surface area contributed by atoms with Gasteiger partial charge in [0.25, 0.3) is 0 Å². The van der Waals surface area contributed by atoms with E-state index in [4.69, 9.17) is 21.3 Å². The van der Waals surface area contributed by atoms with Crippen molar-refractivity contribution in [1.82, 2.24) is 19.2 Å². The van der Waals surface area contributed by atoms with E-state index in [-0.39, 0.29) is 11.3 Å². The van der Waals surface area contributed by atoms with E-state index < -0.39 is 0 Å². The molecular weight excluding hydrogens is 456 g/mol. The van der Waals surface area contributed by atoms with Gasteiger partial charge in [0.05, 0.1) is 24.1 Å². The van der Waals surface area contributed by atoms with Crippen LogP contribution in [0.3, 0.4) is 0 Å². The maximum Gasteiger partial charge on any atom is 0.352 e. The predicted molar refractivity (Wildman–Crippen MR) is 131 cm³/mol. The highest BCUT2D eigenvalue weighted by Gasteiger charge is 2.32. The van der Waals surface area contributed by atoms with Crippen LogP contribution in [0.4, 0.5) is 0 Å². The molecule has 0 radical (unpaired) electrons. The van der Waals surface area contributed by atoms with E-state index in [1.807, 2.05) is 54.6 Å². The molecule has 8 heteroatoms. The highest BCUT2D eigenvalue weighted by molar-refractivity contribution is 7.19. The fraction of sp³-hybridized carbons (Fsp3) is 0.240. The summed E-state index contributed by atoms with van der Waals surface area (Å²) in [5.74, 6) is 0.538. The van der Waals surface area contributed by atoms with Crippen molar-refractivity contribution in [3.05, 3.63) is 86.1 Å². The molecule has 0 bridgehead atoms. The van der Waals surface area contributed by atoms with Crippen LogP contribution in [0.15, 0.2) is 59.4 Å². The first-order valence-corrected chi connectivity index (χ1v) is 12.0. The Labute approximate surface area is 199 Å². The molecule has 1 aliphatic rings. The van der Waals surface area contributed by atoms with Gasteiger partial charge >= 0.3 is 5.69 Å². The fourth-order valence-electron chi connectivity index (χ4n) is 4.41. The molecular formula is C25H21ClN4O2S. The second kappa shape index (κ2) is 7.52. The quantitative estimate of drug-likeness (QED) is 0.353. The van der Waals surface area contributed by atoms with Crippen molar-refractivity contribution in [2.45, 2.75) is 39.0 Å². The summed E-state index contributed by atoms with van der Waals surface area (Å²) in [6.07, 6.45) is 0.746. The number of benzene rings is 2. The first-order chi connectivity index (χ1) is 15.9. The minimum Gasteiger partial charge on any atom is -0.370 e. The number of hydrogen-bond donors (Lipinski definition) is 0. The van der Waals surface area contributed by atoms with Gasteiger partial charge in [0.15, 0.2) is 11.5 Å². The van der Waals surface area contributed by atoms with Gasteiger partial charge in [-0.05, 0) is 31.0 Å². The van der Waals surface area contributed by atoms with Gasteiger partial charge in [-0.15, -0.1) is 16.4 Å². The number of fused-ring (bicyclic) bond motifs is 5. The average Bonchev–Trinajstić information content (AvgIpc) is 3.39. The van der Waals surface area contributed by atoms with Gasteiger partial charge in [0, 0.05) is 21.9 Å². The topological polar surface area (TPSA) is 61.4 Å². The molecule has 5 aromatic rings. The zero-order chi connectivity index (χ0) is 22.7. The maximum absolute atomic E-state index is 13.7. The summed E-state index contributed by atoms with van der Waals surface area (Å²) in [5.41, 5.74) is 3.03. The van der Waals surface area contributed by atoms with Crippen molar-refractivity contribution >= 4 is 38.8 Å². The summed E-state index contributed by atoms with van der Waals surface area (Å²) in [6.45, 7) is 5.06. The summed E-state index contributed by atoms with van der Waals surface area (Å²) in [4.78, 5) is 20.6. The molecule has 0 saturated heterocycles. The Balaban J connectivity index is 1.67. The van der Waals surface area contributed by atoms with Crippen LogP contribution in [0.1, 0.15) is 29.9 Å². The monoisotopic (exact) mass is 476 g/mol. The van der Waals surface area contributed by atoms with Gasteiger partial charge < -0.3 is 4.74 Å². The highest BCUT2D eigenvalue weighted by atomic mass is 35.5. The van der Waals surface area contributed by atoms with E-state index in [1.165, 1.54) is 10.1 Å². The Hall–Kier alpha value is -3.00. The third-order valence-electron chi connectivity index (χ3n) is 6.07. The van der Waals surface area contributed by atoms with Crippen LogP contribution in [-0.2, 0) is 24.3 Å². The van der Waals surface area contributed by atoms with E-state index in [1.54, 1.807) is 15.9 Å². The van der Waals surface area contributed by atoms with Crippen LogP contribution in [0.5, 0.6) is 0 Å². The van der Waals surface area contributed by atoms with E-state index in [9.17, 15) is 4.79 Å². The number of hydrogen-bond acceptors (Lipinski definition) is 5. The molecule has 0 saturated carbocycles. The van der Waals surface area contributed by atoms with E-state index in [0.29, 0.717) is 29.6 Å². The van der Waals surface area contributed by atoms with Crippen LogP contribution in [0.2, 0.25) is 5.02 Å². The number of ether oxygens (including phenoxy) is 1. The molecule has 0 fully saturated rings. The lowest BCUT2D eigenvalue weighted by molar-refractivity contribution is -0.0379. The molecule has 6 nitrogen and oxygen atoms in total. The largest absolute Gasteiger partial charge is 0.370 e. The summed E-state index contributed by atoms with van der Waals surface area (Å²) < 4.78 is 9.28. The molecule has 33 heavy (non-hydrogen) atoms. The summed E-state index contributed by atoms with van der Waals surface area (Å²) in [5, 5.41) is 6.25. The molecule has 0 aliphatic carbocycles. The smallest absolute Gasteiger partial charge is 0.352 e. The van der Waals surface area contributed by atoms with Gasteiger partial charge in [0.2, 0.25) is 0 Å². The maximum atomic E-state index is 13.7. The Morgan fingerprint density at radius 3 is 2.67 bits per heavy atom. The Kier molecular flexibility index (Phi) is 4.69. The van der Waals surface area contributed by atoms with Gasteiger partial charge in [0.1, 0.15) is 4.83 Å². The molecule has 166 valence electrons. The highest BCUT2D eigenvalue weighted by Crippen LogP contribution is 2.40. The minimum absolute atomic E-state index is 0.231. The second-order valence-corrected chi connectivity index (χ2v) is 10.4. The van der Waals surface area contributed by atoms with Crippen molar-refractivity contribution in [1.29, 1.82) is 0 Å². The Morgan fingerprint density at radius 1 is 1.12 bits per heavy atom. The van der Waals surface area contributed by atoms with E-state index in [0.717, 1.165) is 32.6 Å². The predicted octanol–water partition coefficient (Wildman–Crippen LogP) is 5.33. The standard InChI is InChI=1S/C25H21ClN4O2S/c1-25(2)12-17-19(14-32-25)33-23-20(17)22-27-21(15-8-4-3-5-9-15)28-30(22)24(31)29(23)13-16-10-6-7-11-18(16)26/h3-11H,12-14H2,1-2H3. The molecule has 0 amide bonds. The number of aromatic nitrogens is 4. The van der Waals surface area contributed by atoms with Crippen LogP contribution in [0, 0.1) is 0 Å². The molecule has 0 unspecified atom stereocenters. The molecule has 0 atom stereocenters. The third kappa shape index (κ3) is 3.39. The van der Waals surface area contributed by atoms with E-state index in [2.05, 4.69) is 18.9 Å². The van der Waals surface area contributed by atoms with Gasteiger partial charge in [-0.3, -0.25) is 4.57 Å². The molecule has 1 aliphatic heterocycles. The molecule has 0 N–H and O–H groups in total. The summed E-state index contributed by atoms with van der Waals surface area (Å²) in [6, 6.07) is 17.4. The number of nitrogens with zero attached hydrogens (tertiary/aromatic N) is 4. The van der Waals surface area contributed by atoms with Gasteiger partial charge in [-0.25, -0.2) is 9.78 Å². The minimum atomic E-state index is -0.288. The number of thiophene rings is 1. The Bertz CT molecular complexity index is 1580. The first-order valence-electron chi connectivity index (χ1n) is 10.8. The van der Waals surface area contributed by atoms with Crippen molar-refractivity contribution < 1.29 is 4.74 Å². The van der Waals surface area contributed by atoms with Gasteiger partial charge in [-0.2, -0.15) is 4.52 Å². The lowest BCUT2D eigenvalue weighted by Gasteiger charge is -2.30. The lowest BCUT2D eigenvalue weighted by atomic mass is 9.94. The third-order valence-corrected chi connectivity index (χ3v) is 7.67. The molecule has 4 heterocycles. The molecule has 0 spiro atoms. The van der Waals surface area contributed by atoms with Crippen LogP contribution in [0.25, 0.3) is 27.3 Å². The zero-order valence-corrected chi connectivity index (χ0v) is 19.8. The second-order valence-electron chi connectivity index (χ2n) is 8.91. The van der Waals surface area contributed by atoms with Crippen molar-refractivity contribution in [2.24, 2.45) is 0 Å². The number of halogens is 1. The zero-order valence-electron chi connectivity index (χ0n) is 18.2. The van der Waals surface area contributed by atoms with Crippen molar-refractivity contribution in [3.8, 4) is 11.4 Å². The van der Waals surface area contributed by atoms with Crippen LogP contribution < -0.4 is 5.69 Å². The number of rotatable bonds is 3. The SMILES string of the molecule is CC1(C)Cc2c(sc3c2c2nc(-c4ccccc4)nn2c(=O)n3Cc2ccccc2Cl)CO1. The van der Waals surface area contributed by atoms with Crippen LogP contribution >= 0.6 is 22.9 Å². The van der Waals surface area contributed by atoms with Crippen molar-refractivity contribution in [3.63, 3.8) is 0 Å². The fourth-order valence-corrected chi connectivity index (χ4v) is 5.83. The van der Waals surface area contributed by atoms with Crippen molar-refractivity contribution in [2.75, 3.05) is 0 Å². The summed E-state index contributed by atoms with van der Waals surface area (Å²) >= 11 is 8.05. The summed E-state index contributed by atoms with van der Waals surface area (Å²) in [7, 11) is 0.